The van der Waals surface area contributed by atoms with Gasteiger partial charge < -0.3 is 15.0 Å². The van der Waals surface area contributed by atoms with E-state index in [0.29, 0.717) is 26.1 Å². The summed E-state index contributed by atoms with van der Waals surface area (Å²) >= 11 is 0. The molecule has 0 amide bonds. The molecule has 0 spiro atoms. The third kappa shape index (κ3) is 9.34. The number of sulfone groups is 1. The van der Waals surface area contributed by atoms with Gasteiger partial charge in [-0.15, -0.1) is 24.0 Å². The number of nitrogens with one attached hydrogen (secondary N) is 1. The van der Waals surface area contributed by atoms with Gasteiger partial charge in [-0.25, -0.2) is 8.42 Å². The first-order valence-electron chi connectivity index (χ1n) is 9.81. The Morgan fingerprint density at radius 1 is 1.07 bits per heavy atom. The first-order valence-corrected chi connectivity index (χ1v) is 11.6. The Balaban J connectivity index is 0.00000450. The van der Waals surface area contributed by atoms with Crippen molar-refractivity contribution in [3.63, 3.8) is 0 Å². The van der Waals surface area contributed by atoms with Crippen molar-refractivity contribution in [2.75, 3.05) is 33.0 Å². The smallest absolute Gasteiger partial charge is 0.193 e. The molecule has 0 unspecified atom stereocenters. The second-order valence-electron chi connectivity index (χ2n) is 6.84. The van der Waals surface area contributed by atoms with Crippen molar-refractivity contribution in [2.45, 2.75) is 25.6 Å². The van der Waals surface area contributed by atoms with E-state index < -0.39 is 9.84 Å². The van der Waals surface area contributed by atoms with Crippen LogP contribution in [-0.2, 0) is 22.1 Å². The van der Waals surface area contributed by atoms with Gasteiger partial charge in [0.15, 0.2) is 15.8 Å². The Kier molecular flexibility index (Phi) is 11.8. The van der Waals surface area contributed by atoms with E-state index in [0.717, 1.165) is 22.8 Å². The van der Waals surface area contributed by atoms with E-state index in [1.165, 1.54) is 0 Å². The highest BCUT2D eigenvalue weighted by Crippen LogP contribution is 2.13. The number of aliphatic imine (C=N–C) groups is 1. The number of ether oxygens (including phenoxy) is 1. The van der Waals surface area contributed by atoms with E-state index in [9.17, 15) is 8.42 Å². The molecular weight excluding hydrogens is 513 g/mol. The van der Waals surface area contributed by atoms with Crippen LogP contribution in [0, 0.1) is 0 Å². The van der Waals surface area contributed by atoms with Gasteiger partial charge in [-0.1, -0.05) is 42.5 Å². The van der Waals surface area contributed by atoms with Crippen LogP contribution in [0.25, 0.3) is 0 Å². The fourth-order valence-electron chi connectivity index (χ4n) is 2.98. The normalized spacial score (nSPS) is 11.5. The maximum atomic E-state index is 12.3. The molecule has 0 atom stereocenters. The number of nitrogens with zero attached hydrogens (tertiary/aromatic N) is 2. The number of rotatable bonds is 10. The molecule has 6 nitrogen and oxygen atoms in total. The van der Waals surface area contributed by atoms with Gasteiger partial charge in [0.2, 0.25) is 0 Å². The first kappa shape index (κ1) is 26.2. The SMILES string of the molecule is CCOc1ccc(CN(C)C(=NC)NCCCS(=O)(=O)Cc2ccccc2)cc1.I. The summed E-state index contributed by atoms with van der Waals surface area (Å²) in [7, 11) is 0.559. The Bertz CT molecular complexity index is 872. The number of halogens is 1. The molecule has 0 bridgehead atoms. The molecule has 0 heterocycles. The monoisotopic (exact) mass is 545 g/mol. The van der Waals surface area contributed by atoms with Crippen molar-refractivity contribution >= 4 is 39.8 Å². The topological polar surface area (TPSA) is 71.0 Å². The van der Waals surface area contributed by atoms with Gasteiger partial charge in [-0.3, -0.25) is 4.99 Å². The van der Waals surface area contributed by atoms with Crippen LogP contribution in [0.5, 0.6) is 5.75 Å². The van der Waals surface area contributed by atoms with Crippen LogP contribution in [0.4, 0.5) is 0 Å². The summed E-state index contributed by atoms with van der Waals surface area (Å²) in [6.45, 7) is 3.85. The van der Waals surface area contributed by atoms with Gasteiger partial charge in [0.25, 0.3) is 0 Å². The molecule has 30 heavy (non-hydrogen) atoms. The Hall–Kier alpha value is -1.81. The minimum Gasteiger partial charge on any atom is -0.494 e. The molecular formula is C22H32IN3O3S. The molecule has 0 aliphatic heterocycles. The number of hydrogen-bond acceptors (Lipinski definition) is 4. The van der Waals surface area contributed by atoms with Crippen molar-refractivity contribution in [3.05, 3.63) is 65.7 Å². The molecule has 0 aliphatic carbocycles. The van der Waals surface area contributed by atoms with Crippen molar-refractivity contribution in [1.82, 2.24) is 10.2 Å². The maximum absolute atomic E-state index is 12.3. The van der Waals surface area contributed by atoms with Crippen LogP contribution in [-0.4, -0.2) is 52.3 Å². The second-order valence-corrected chi connectivity index (χ2v) is 9.02. The Morgan fingerprint density at radius 3 is 2.33 bits per heavy atom. The highest BCUT2D eigenvalue weighted by Gasteiger charge is 2.12. The van der Waals surface area contributed by atoms with Crippen LogP contribution < -0.4 is 10.1 Å². The zero-order valence-corrected chi connectivity index (χ0v) is 21.0. The van der Waals surface area contributed by atoms with Gasteiger partial charge in [-0.05, 0) is 36.6 Å². The van der Waals surface area contributed by atoms with Gasteiger partial charge in [0.1, 0.15) is 5.75 Å². The van der Waals surface area contributed by atoms with Crippen LogP contribution in [0.2, 0.25) is 0 Å². The highest BCUT2D eigenvalue weighted by molar-refractivity contribution is 14.0. The molecule has 1 N–H and O–H groups in total. The third-order valence-electron chi connectivity index (χ3n) is 4.37. The summed E-state index contributed by atoms with van der Waals surface area (Å²) in [4.78, 5) is 6.30. The molecule has 166 valence electrons. The van der Waals surface area contributed by atoms with Crippen molar-refractivity contribution < 1.29 is 13.2 Å². The molecule has 0 aliphatic rings. The largest absolute Gasteiger partial charge is 0.494 e. The first-order chi connectivity index (χ1) is 13.9. The minimum absolute atomic E-state index is 0. The van der Waals surface area contributed by atoms with Gasteiger partial charge in [0.05, 0.1) is 18.1 Å². The lowest BCUT2D eigenvalue weighted by Gasteiger charge is -2.22. The summed E-state index contributed by atoms with van der Waals surface area (Å²) in [5.74, 6) is 1.83. The molecule has 0 radical (unpaired) electrons. The highest BCUT2D eigenvalue weighted by atomic mass is 127. The molecule has 0 fully saturated rings. The van der Waals surface area contributed by atoms with Crippen molar-refractivity contribution in [2.24, 2.45) is 4.99 Å². The van der Waals surface area contributed by atoms with Crippen LogP contribution in [0.3, 0.4) is 0 Å². The lowest BCUT2D eigenvalue weighted by Crippen LogP contribution is -2.39. The molecule has 2 aromatic rings. The van der Waals surface area contributed by atoms with E-state index >= 15 is 0 Å². The van der Waals surface area contributed by atoms with Crippen molar-refractivity contribution in [1.29, 1.82) is 0 Å². The molecule has 8 heteroatoms. The number of benzene rings is 2. The molecule has 2 aromatic carbocycles. The zero-order valence-electron chi connectivity index (χ0n) is 17.9. The average Bonchev–Trinajstić information content (AvgIpc) is 2.70. The Morgan fingerprint density at radius 2 is 1.73 bits per heavy atom. The number of hydrogen-bond donors (Lipinski definition) is 1. The number of guanidine groups is 1. The molecule has 2 rings (SSSR count). The predicted molar refractivity (Wildman–Crippen MR) is 134 cm³/mol. The van der Waals surface area contributed by atoms with E-state index in [2.05, 4.69) is 10.3 Å². The van der Waals surface area contributed by atoms with Crippen molar-refractivity contribution in [3.8, 4) is 5.75 Å². The molecule has 0 saturated heterocycles. The summed E-state index contributed by atoms with van der Waals surface area (Å²) in [6, 6.07) is 17.3. The maximum Gasteiger partial charge on any atom is 0.193 e. The van der Waals surface area contributed by atoms with Crippen LogP contribution >= 0.6 is 24.0 Å². The van der Waals surface area contributed by atoms with E-state index in [4.69, 9.17) is 4.74 Å². The van der Waals surface area contributed by atoms with Crippen LogP contribution in [0.1, 0.15) is 24.5 Å². The van der Waals surface area contributed by atoms with E-state index in [1.54, 1.807) is 7.05 Å². The predicted octanol–water partition coefficient (Wildman–Crippen LogP) is 3.72. The summed E-state index contributed by atoms with van der Waals surface area (Å²) < 4.78 is 30.0. The van der Waals surface area contributed by atoms with E-state index in [1.807, 2.05) is 73.5 Å². The van der Waals surface area contributed by atoms with Gasteiger partial charge in [-0.2, -0.15) is 0 Å². The van der Waals surface area contributed by atoms with E-state index in [-0.39, 0.29) is 35.5 Å². The average molecular weight is 545 g/mol. The fourth-order valence-corrected chi connectivity index (χ4v) is 4.41. The summed E-state index contributed by atoms with van der Waals surface area (Å²) in [5, 5.41) is 3.24. The summed E-state index contributed by atoms with van der Waals surface area (Å²) in [5.41, 5.74) is 1.97. The fraction of sp³-hybridized carbons (Fsp3) is 0.409. The lowest BCUT2D eigenvalue weighted by molar-refractivity contribution is 0.340. The molecule has 0 aromatic heterocycles. The Labute approximate surface area is 197 Å². The minimum atomic E-state index is -3.12. The standard InChI is InChI=1S/C22H31N3O3S.HI/c1-4-28-21-13-11-19(12-14-21)17-25(3)22(23-2)24-15-8-16-29(26,27)18-20-9-6-5-7-10-20;/h5-7,9-14H,4,8,15-18H2,1-3H3,(H,23,24);1H. The molecule has 0 saturated carbocycles. The quantitative estimate of drug-likeness (QED) is 0.213. The van der Waals surface area contributed by atoms with Gasteiger partial charge >= 0.3 is 0 Å². The van der Waals surface area contributed by atoms with Crippen LogP contribution in [0.15, 0.2) is 59.6 Å². The van der Waals surface area contributed by atoms with Gasteiger partial charge in [0, 0.05) is 27.2 Å². The summed E-state index contributed by atoms with van der Waals surface area (Å²) in [6.07, 6.45) is 0.533. The second kappa shape index (κ2) is 13.5. The lowest BCUT2D eigenvalue weighted by atomic mass is 10.2. The third-order valence-corrected chi connectivity index (χ3v) is 6.06. The zero-order chi connectivity index (χ0) is 21.1.